The molecule has 0 atom stereocenters. The van der Waals surface area contributed by atoms with Gasteiger partial charge in [-0.1, -0.05) is 0 Å². The van der Waals surface area contributed by atoms with Crippen molar-refractivity contribution in [2.45, 2.75) is 39.9 Å². The monoisotopic (exact) mass is 215 g/mol. The highest BCUT2D eigenvalue weighted by Gasteiger charge is 2.62. The fourth-order valence-corrected chi connectivity index (χ4v) is 0.763. The third-order valence-corrected chi connectivity index (χ3v) is 1.97. The number of hydrogen-bond donors (Lipinski definition) is 0. The molecule has 0 fully saturated rings. The van der Waals surface area contributed by atoms with Gasteiger partial charge < -0.3 is 24.8 Å². The Morgan fingerprint density at radius 2 is 1.09 bits per heavy atom. The van der Waals surface area contributed by atoms with Crippen molar-refractivity contribution in [1.29, 1.82) is 0 Å². The topological polar surface area (TPSA) is 18.5 Å². The SMILES string of the molecule is CC(C)[O][Al+2][O]C(C)C.[Cl-].[Cl-]. The van der Waals surface area contributed by atoms with Crippen molar-refractivity contribution in [3.8, 4) is 0 Å². The van der Waals surface area contributed by atoms with Crippen LogP contribution in [-0.2, 0) is 7.58 Å². The quantitative estimate of drug-likeness (QED) is 0.440. The normalized spacial score (nSPS) is 9.27. The lowest BCUT2D eigenvalue weighted by Gasteiger charge is -1.85. The van der Waals surface area contributed by atoms with Crippen molar-refractivity contribution in [1.82, 2.24) is 0 Å². The molecule has 0 rings (SSSR count). The lowest BCUT2D eigenvalue weighted by molar-refractivity contribution is -0.001000. The minimum atomic E-state index is -0.245. The number of rotatable bonds is 4. The summed E-state index contributed by atoms with van der Waals surface area (Å²) < 4.78 is 10.4. The summed E-state index contributed by atoms with van der Waals surface area (Å²) in [6, 6.07) is 0. The van der Waals surface area contributed by atoms with Gasteiger partial charge in [0.15, 0.2) is 0 Å². The summed E-state index contributed by atoms with van der Waals surface area (Å²) in [6.07, 6.45) is 0.609. The molecule has 0 spiro atoms. The zero-order valence-electron chi connectivity index (χ0n) is 7.30. The van der Waals surface area contributed by atoms with Crippen molar-refractivity contribution < 1.29 is 32.4 Å². The molecule has 0 aliphatic rings. The van der Waals surface area contributed by atoms with Gasteiger partial charge >= 0.3 is 15.9 Å². The van der Waals surface area contributed by atoms with Crippen molar-refractivity contribution >= 4 is 15.9 Å². The maximum atomic E-state index is 5.21. The Morgan fingerprint density at radius 1 is 0.818 bits per heavy atom. The Hall–Kier alpha value is 1.03. The van der Waals surface area contributed by atoms with E-state index < -0.39 is 0 Å². The molecule has 5 radical (unpaired) electrons. The van der Waals surface area contributed by atoms with E-state index in [1.165, 1.54) is 0 Å². The van der Waals surface area contributed by atoms with Crippen LogP contribution >= 0.6 is 0 Å². The molecular weight excluding hydrogens is 202 g/mol. The average molecular weight is 216 g/mol. The predicted octanol–water partition coefficient (Wildman–Crippen LogP) is -4.62. The van der Waals surface area contributed by atoms with E-state index in [0.29, 0.717) is 12.2 Å². The first-order chi connectivity index (χ1) is 4.13. The second kappa shape index (κ2) is 11.0. The zero-order chi connectivity index (χ0) is 7.28. The van der Waals surface area contributed by atoms with Crippen LogP contribution in [0.2, 0.25) is 0 Å². The average Bonchev–Trinajstić information content (AvgIpc) is 1.63. The van der Waals surface area contributed by atoms with Gasteiger partial charge in [-0.2, -0.15) is 0 Å². The fourth-order valence-electron chi connectivity index (χ4n) is 0.254. The molecule has 0 amide bonds. The van der Waals surface area contributed by atoms with Crippen molar-refractivity contribution in [3.63, 3.8) is 0 Å². The van der Waals surface area contributed by atoms with Gasteiger partial charge in [-0.15, -0.1) is 7.58 Å². The van der Waals surface area contributed by atoms with E-state index in [4.69, 9.17) is 7.58 Å². The Balaban J connectivity index is -0.000000320. The number of halogens is 2. The van der Waals surface area contributed by atoms with E-state index in [9.17, 15) is 0 Å². The largest absolute Gasteiger partial charge is 1.70 e. The first-order valence-electron chi connectivity index (χ1n) is 3.25. The highest BCUT2D eigenvalue weighted by atomic mass is 35.5. The molecule has 0 heterocycles. The van der Waals surface area contributed by atoms with Crippen LogP contribution in [-0.4, -0.2) is 28.1 Å². The van der Waals surface area contributed by atoms with E-state index in [1.54, 1.807) is 0 Å². The molecule has 0 aromatic rings. The van der Waals surface area contributed by atoms with E-state index in [2.05, 4.69) is 0 Å². The lowest BCUT2D eigenvalue weighted by atomic mass is 10.5. The van der Waals surface area contributed by atoms with E-state index in [1.807, 2.05) is 27.7 Å². The summed E-state index contributed by atoms with van der Waals surface area (Å²) in [5.74, 6) is 0. The van der Waals surface area contributed by atoms with Crippen LogP contribution in [0.25, 0.3) is 0 Å². The van der Waals surface area contributed by atoms with Crippen molar-refractivity contribution in [2.75, 3.05) is 0 Å². The molecule has 0 aromatic heterocycles. The molecule has 0 bridgehead atoms. The summed E-state index contributed by atoms with van der Waals surface area (Å²) in [5.41, 5.74) is 0. The first kappa shape index (κ1) is 18.0. The smallest absolute Gasteiger partial charge is 1.00 e. The Morgan fingerprint density at radius 3 is 1.27 bits per heavy atom. The van der Waals surface area contributed by atoms with Crippen LogP contribution < -0.4 is 24.8 Å². The third-order valence-electron chi connectivity index (χ3n) is 0.655. The molecule has 0 unspecified atom stereocenters. The summed E-state index contributed by atoms with van der Waals surface area (Å²) in [7, 11) is 0. The molecule has 0 saturated heterocycles. The van der Waals surface area contributed by atoms with E-state index in [0.717, 1.165) is 0 Å². The molecule has 0 aliphatic carbocycles. The summed E-state index contributed by atoms with van der Waals surface area (Å²) in [5, 5.41) is 0. The molecule has 0 aliphatic heterocycles. The fraction of sp³-hybridized carbons (Fsp3) is 1.00. The van der Waals surface area contributed by atoms with Gasteiger partial charge in [0.05, 0.1) is 0 Å². The van der Waals surface area contributed by atoms with Crippen LogP contribution in [0.1, 0.15) is 27.7 Å². The van der Waals surface area contributed by atoms with Crippen molar-refractivity contribution in [2.24, 2.45) is 0 Å². The maximum absolute atomic E-state index is 5.21. The zero-order valence-corrected chi connectivity index (χ0v) is 9.97. The predicted molar refractivity (Wildman–Crippen MR) is 38.2 cm³/mol. The van der Waals surface area contributed by atoms with Gasteiger partial charge in [0.1, 0.15) is 12.2 Å². The number of hydrogen-bond acceptors (Lipinski definition) is 2. The minimum Gasteiger partial charge on any atom is -1.00 e. The summed E-state index contributed by atoms with van der Waals surface area (Å²) in [4.78, 5) is 0. The molecule has 0 N–H and O–H groups in total. The Kier molecular flexibility index (Phi) is 18.0. The van der Waals surface area contributed by atoms with Crippen LogP contribution in [0.3, 0.4) is 0 Å². The first-order valence-corrected chi connectivity index (χ1v) is 4.20. The molecule has 0 saturated carbocycles. The van der Waals surface area contributed by atoms with Crippen LogP contribution in [0.15, 0.2) is 0 Å². The van der Waals surface area contributed by atoms with Gasteiger partial charge in [0.2, 0.25) is 0 Å². The maximum Gasteiger partial charge on any atom is 1.70 e. The van der Waals surface area contributed by atoms with E-state index >= 15 is 0 Å². The second-order valence-electron chi connectivity index (χ2n) is 2.47. The Labute approximate surface area is 88.2 Å². The highest BCUT2D eigenvalue weighted by Crippen LogP contribution is 1.89. The highest BCUT2D eigenvalue weighted by molar-refractivity contribution is 6.18. The van der Waals surface area contributed by atoms with Gasteiger partial charge in [0, 0.05) is 0 Å². The Bertz CT molecular complexity index is 63.6. The second-order valence-corrected chi connectivity index (χ2v) is 3.20. The van der Waals surface area contributed by atoms with E-state index in [-0.39, 0.29) is 40.7 Å². The van der Waals surface area contributed by atoms with Gasteiger partial charge in [0.25, 0.3) is 0 Å². The third kappa shape index (κ3) is 18.2. The minimum absolute atomic E-state index is 0. The molecule has 67 valence electrons. The van der Waals surface area contributed by atoms with Crippen LogP contribution in [0.5, 0.6) is 0 Å². The standard InChI is InChI=1S/2C3H7O.Al.2ClH/c2*1-3(2)4;;;/h2*3H,1-2H3;;2*1H/q2*-1;+4;;/p-2. The van der Waals surface area contributed by atoms with Gasteiger partial charge in [-0.25, -0.2) is 0 Å². The molecule has 2 nitrogen and oxygen atoms in total. The van der Waals surface area contributed by atoms with Crippen LogP contribution in [0, 0.1) is 0 Å². The summed E-state index contributed by atoms with van der Waals surface area (Å²) in [6.45, 7) is 8.04. The van der Waals surface area contributed by atoms with Crippen LogP contribution in [0.4, 0.5) is 0 Å². The molecular formula is C6H14AlCl2O2. The van der Waals surface area contributed by atoms with Gasteiger partial charge in [-0.3, -0.25) is 0 Å². The molecule has 5 heteroatoms. The molecule has 11 heavy (non-hydrogen) atoms. The van der Waals surface area contributed by atoms with Crippen molar-refractivity contribution in [3.05, 3.63) is 0 Å². The summed E-state index contributed by atoms with van der Waals surface area (Å²) >= 11 is -0.245. The van der Waals surface area contributed by atoms with Gasteiger partial charge in [-0.05, 0) is 27.7 Å². The lowest BCUT2D eigenvalue weighted by Crippen LogP contribution is -3.00. The molecule has 0 aromatic carbocycles.